The molecule has 0 amide bonds. The topological polar surface area (TPSA) is 93.8 Å². The predicted molar refractivity (Wildman–Crippen MR) is 117 cm³/mol. The maximum absolute atomic E-state index is 6.02. The van der Waals surface area contributed by atoms with Crippen LogP contribution in [0.1, 0.15) is 32.1 Å². The van der Waals surface area contributed by atoms with Crippen LogP contribution in [0.15, 0.2) is 33.8 Å². The summed E-state index contributed by atoms with van der Waals surface area (Å²) in [6.07, 6.45) is 3.11. The Morgan fingerprint density at radius 2 is 2.17 bits per heavy atom. The highest BCUT2D eigenvalue weighted by Gasteiger charge is 2.13. The average Bonchev–Trinajstić information content (AvgIpc) is 3.24. The molecule has 2 aromatic rings. The van der Waals surface area contributed by atoms with Crippen LogP contribution in [0.3, 0.4) is 0 Å². The van der Waals surface area contributed by atoms with E-state index in [1.165, 1.54) is 0 Å². The Morgan fingerprint density at radius 1 is 1.30 bits per heavy atom. The van der Waals surface area contributed by atoms with Crippen molar-refractivity contribution in [2.75, 3.05) is 39.5 Å². The van der Waals surface area contributed by atoms with E-state index < -0.39 is 0 Å². The molecule has 1 aromatic carbocycles. The fourth-order valence-electron chi connectivity index (χ4n) is 3.10. The maximum atomic E-state index is 6.02. The number of nitrogens with zero attached hydrogens (tertiary/aromatic N) is 3. The Labute approximate surface area is 182 Å². The molecule has 30 heavy (non-hydrogen) atoms. The standard InChI is InChI=1S/C21H30ClN5O3/c1-2-23-21(24-9-4-10-29-15-16-7-11-28-12-8-16)25-14-19-26-20(27-30-19)17-5-3-6-18(22)13-17/h3,5-6,13,16H,2,4,7-12,14-15H2,1H3,(H2,23,24,25). The van der Waals surface area contributed by atoms with Gasteiger partial charge in [-0.25, -0.2) is 4.99 Å². The first kappa shape index (κ1) is 22.5. The van der Waals surface area contributed by atoms with E-state index in [1.54, 1.807) is 12.1 Å². The van der Waals surface area contributed by atoms with Crippen molar-refractivity contribution >= 4 is 17.6 Å². The Bertz CT molecular complexity index is 792. The summed E-state index contributed by atoms with van der Waals surface area (Å²) in [5.74, 6) is 2.30. The van der Waals surface area contributed by atoms with Crippen LogP contribution in [-0.2, 0) is 16.0 Å². The number of hydrogen-bond acceptors (Lipinski definition) is 6. The zero-order valence-electron chi connectivity index (χ0n) is 17.4. The third-order valence-corrected chi connectivity index (χ3v) is 4.95. The number of benzene rings is 1. The lowest BCUT2D eigenvalue weighted by atomic mass is 10.0. The van der Waals surface area contributed by atoms with Crippen molar-refractivity contribution < 1.29 is 14.0 Å². The Morgan fingerprint density at radius 3 is 2.97 bits per heavy atom. The molecule has 2 heterocycles. The second-order valence-corrected chi connectivity index (χ2v) is 7.56. The van der Waals surface area contributed by atoms with Gasteiger partial charge >= 0.3 is 0 Å². The number of ether oxygens (including phenoxy) is 2. The van der Waals surface area contributed by atoms with Gasteiger partial charge in [0.05, 0.1) is 0 Å². The van der Waals surface area contributed by atoms with Gasteiger partial charge < -0.3 is 24.6 Å². The van der Waals surface area contributed by atoms with E-state index in [0.717, 1.165) is 64.3 Å². The molecule has 0 atom stereocenters. The van der Waals surface area contributed by atoms with Crippen LogP contribution in [0.25, 0.3) is 11.4 Å². The van der Waals surface area contributed by atoms with Gasteiger partial charge in [-0.15, -0.1) is 0 Å². The number of nitrogens with one attached hydrogen (secondary N) is 2. The molecular formula is C21H30ClN5O3. The van der Waals surface area contributed by atoms with Crippen molar-refractivity contribution in [3.8, 4) is 11.4 Å². The summed E-state index contributed by atoms with van der Waals surface area (Å²) in [7, 11) is 0. The molecule has 1 aliphatic rings. The van der Waals surface area contributed by atoms with E-state index in [0.29, 0.717) is 35.2 Å². The summed E-state index contributed by atoms with van der Waals surface area (Å²) >= 11 is 6.02. The largest absolute Gasteiger partial charge is 0.381 e. The Hall–Kier alpha value is -2.16. The highest BCUT2D eigenvalue weighted by Crippen LogP contribution is 2.20. The highest BCUT2D eigenvalue weighted by molar-refractivity contribution is 6.30. The lowest BCUT2D eigenvalue weighted by Crippen LogP contribution is -2.38. The van der Waals surface area contributed by atoms with E-state index in [1.807, 2.05) is 19.1 Å². The number of hydrogen-bond donors (Lipinski definition) is 2. The quantitative estimate of drug-likeness (QED) is 0.336. The SMILES string of the molecule is CCNC(=NCc1nc(-c2cccc(Cl)c2)no1)NCCCOCC1CCOCC1. The molecule has 1 saturated heterocycles. The van der Waals surface area contributed by atoms with Gasteiger partial charge in [0.25, 0.3) is 0 Å². The lowest BCUT2D eigenvalue weighted by Gasteiger charge is -2.21. The van der Waals surface area contributed by atoms with Crippen LogP contribution >= 0.6 is 11.6 Å². The van der Waals surface area contributed by atoms with Crippen LogP contribution in [0.5, 0.6) is 0 Å². The van der Waals surface area contributed by atoms with Crippen LogP contribution in [-0.4, -0.2) is 55.6 Å². The molecule has 164 valence electrons. The molecular weight excluding hydrogens is 406 g/mol. The fourth-order valence-corrected chi connectivity index (χ4v) is 3.29. The van der Waals surface area contributed by atoms with E-state index in [4.69, 9.17) is 25.6 Å². The molecule has 0 spiro atoms. The molecule has 3 rings (SSSR count). The predicted octanol–water partition coefficient (Wildman–Crippen LogP) is 3.28. The smallest absolute Gasteiger partial charge is 0.248 e. The first-order valence-electron chi connectivity index (χ1n) is 10.5. The van der Waals surface area contributed by atoms with Crippen molar-refractivity contribution in [1.82, 2.24) is 20.8 Å². The third kappa shape index (κ3) is 7.59. The van der Waals surface area contributed by atoms with Crippen LogP contribution in [0, 0.1) is 5.92 Å². The van der Waals surface area contributed by atoms with E-state index >= 15 is 0 Å². The first-order valence-corrected chi connectivity index (χ1v) is 10.9. The zero-order valence-corrected chi connectivity index (χ0v) is 18.2. The van der Waals surface area contributed by atoms with E-state index in [9.17, 15) is 0 Å². The summed E-state index contributed by atoms with van der Waals surface area (Å²) in [4.78, 5) is 8.91. The second kappa shape index (κ2) is 12.5. The zero-order chi connectivity index (χ0) is 21.0. The minimum absolute atomic E-state index is 0.295. The molecule has 1 fully saturated rings. The van der Waals surface area contributed by atoms with Gasteiger partial charge in [-0.2, -0.15) is 4.98 Å². The van der Waals surface area contributed by atoms with Crippen molar-refractivity contribution in [3.63, 3.8) is 0 Å². The van der Waals surface area contributed by atoms with E-state index in [2.05, 4.69) is 25.8 Å². The summed E-state index contributed by atoms with van der Waals surface area (Å²) in [5.41, 5.74) is 0.812. The second-order valence-electron chi connectivity index (χ2n) is 7.13. The van der Waals surface area contributed by atoms with E-state index in [-0.39, 0.29) is 0 Å². The van der Waals surface area contributed by atoms with Crippen molar-refractivity contribution in [1.29, 1.82) is 0 Å². The number of guanidine groups is 1. The Balaban J connectivity index is 1.39. The molecule has 2 N–H and O–H groups in total. The molecule has 0 unspecified atom stereocenters. The molecule has 9 heteroatoms. The van der Waals surface area contributed by atoms with Gasteiger partial charge in [-0.3, -0.25) is 0 Å². The summed E-state index contributed by atoms with van der Waals surface area (Å²) in [6.45, 7) is 7.14. The number of halogens is 1. The third-order valence-electron chi connectivity index (χ3n) is 4.72. The molecule has 8 nitrogen and oxygen atoms in total. The van der Waals surface area contributed by atoms with Gasteiger partial charge in [0, 0.05) is 50.1 Å². The number of aliphatic imine (C=N–C) groups is 1. The molecule has 0 aliphatic carbocycles. The van der Waals surface area contributed by atoms with Gasteiger partial charge in [-0.05, 0) is 44.2 Å². The molecule has 0 radical (unpaired) electrons. The van der Waals surface area contributed by atoms with Gasteiger partial charge in [0.2, 0.25) is 11.7 Å². The van der Waals surface area contributed by atoms with Crippen molar-refractivity contribution in [2.45, 2.75) is 32.7 Å². The van der Waals surface area contributed by atoms with Gasteiger partial charge in [0.15, 0.2) is 5.96 Å². The van der Waals surface area contributed by atoms with Crippen LogP contribution in [0.2, 0.25) is 5.02 Å². The summed E-state index contributed by atoms with van der Waals surface area (Å²) in [5, 5.41) is 11.2. The molecule has 1 aliphatic heterocycles. The fraction of sp³-hybridized carbons (Fsp3) is 0.571. The molecule has 0 bridgehead atoms. The molecule has 0 saturated carbocycles. The minimum atomic E-state index is 0.295. The maximum Gasteiger partial charge on any atom is 0.248 e. The molecule has 1 aromatic heterocycles. The van der Waals surface area contributed by atoms with Crippen LogP contribution < -0.4 is 10.6 Å². The normalized spacial score (nSPS) is 15.3. The van der Waals surface area contributed by atoms with Crippen LogP contribution in [0.4, 0.5) is 0 Å². The first-order chi connectivity index (χ1) is 14.7. The van der Waals surface area contributed by atoms with Gasteiger partial charge in [0.1, 0.15) is 6.54 Å². The number of aromatic nitrogens is 2. The van der Waals surface area contributed by atoms with Crippen molar-refractivity contribution in [2.24, 2.45) is 10.9 Å². The minimum Gasteiger partial charge on any atom is -0.381 e. The summed E-state index contributed by atoms with van der Waals surface area (Å²) < 4.78 is 16.5. The Kier molecular flexibility index (Phi) is 9.40. The average molecular weight is 436 g/mol. The highest BCUT2D eigenvalue weighted by atomic mass is 35.5. The van der Waals surface area contributed by atoms with Gasteiger partial charge in [-0.1, -0.05) is 28.9 Å². The summed E-state index contributed by atoms with van der Waals surface area (Å²) in [6, 6.07) is 7.35. The monoisotopic (exact) mass is 435 g/mol. The lowest BCUT2D eigenvalue weighted by molar-refractivity contribution is 0.0203. The number of rotatable bonds is 10. The van der Waals surface area contributed by atoms with Crippen molar-refractivity contribution in [3.05, 3.63) is 35.2 Å².